The lowest BCUT2D eigenvalue weighted by molar-refractivity contribution is -0.133. The minimum Gasteiger partial charge on any atom is -0.389 e. The fourth-order valence-electron chi connectivity index (χ4n) is 4.17. The van der Waals surface area contributed by atoms with Crippen molar-refractivity contribution in [3.8, 4) is 0 Å². The van der Waals surface area contributed by atoms with Gasteiger partial charge in [-0.3, -0.25) is 4.79 Å². The van der Waals surface area contributed by atoms with Crippen molar-refractivity contribution in [1.82, 2.24) is 19.9 Å². The number of aliphatic hydroxyl groups is 1. The molecule has 1 aromatic carbocycles. The third kappa shape index (κ3) is 4.56. The van der Waals surface area contributed by atoms with Gasteiger partial charge in [0.1, 0.15) is 6.54 Å². The van der Waals surface area contributed by atoms with Crippen LogP contribution in [0, 0.1) is 5.92 Å². The van der Waals surface area contributed by atoms with E-state index in [-0.39, 0.29) is 12.5 Å². The Labute approximate surface area is 160 Å². The van der Waals surface area contributed by atoms with E-state index in [1.54, 1.807) is 10.9 Å². The molecule has 0 atom stereocenters. The minimum atomic E-state index is -0.606. The lowest BCUT2D eigenvalue weighted by Crippen LogP contribution is -2.40. The third-order valence-corrected chi connectivity index (χ3v) is 6.01. The van der Waals surface area contributed by atoms with E-state index >= 15 is 0 Å². The summed E-state index contributed by atoms with van der Waals surface area (Å²) in [5.74, 6) is 0.754. The number of aromatic nitrogens is 3. The number of carbonyl (C=O) groups excluding carboxylic acids is 1. The van der Waals surface area contributed by atoms with E-state index in [4.69, 9.17) is 0 Å². The third-order valence-electron chi connectivity index (χ3n) is 6.01. The standard InChI is InChI=1S/C21H28N4O2/c26-20(16-25-15-19(22-23-25)14-21(27)9-4-10-21)24-11-7-18(8-12-24)13-17-5-2-1-3-6-17/h1-3,5-6,15,18,27H,4,7-14,16H2. The van der Waals surface area contributed by atoms with Gasteiger partial charge in [0, 0.05) is 25.7 Å². The molecule has 1 N–H and O–H groups in total. The van der Waals surface area contributed by atoms with Gasteiger partial charge >= 0.3 is 0 Å². The Morgan fingerprint density at radius 3 is 2.59 bits per heavy atom. The highest BCUT2D eigenvalue weighted by Crippen LogP contribution is 2.34. The first-order valence-corrected chi connectivity index (χ1v) is 10.0. The van der Waals surface area contributed by atoms with Crippen molar-refractivity contribution in [2.24, 2.45) is 5.92 Å². The Morgan fingerprint density at radius 2 is 1.93 bits per heavy atom. The number of likely N-dealkylation sites (tertiary alicyclic amines) is 1. The van der Waals surface area contributed by atoms with Crippen molar-refractivity contribution in [3.63, 3.8) is 0 Å². The number of hydrogen-bond acceptors (Lipinski definition) is 4. The lowest BCUT2D eigenvalue weighted by Gasteiger charge is -2.35. The van der Waals surface area contributed by atoms with Crippen LogP contribution in [-0.4, -0.2) is 49.6 Å². The summed E-state index contributed by atoms with van der Waals surface area (Å²) in [6.45, 7) is 1.87. The Bertz CT molecular complexity index is 761. The molecule has 1 saturated heterocycles. The highest BCUT2D eigenvalue weighted by molar-refractivity contribution is 5.76. The summed E-state index contributed by atoms with van der Waals surface area (Å²) in [6.07, 6.45) is 8.27. The molecule has 6 nitrogen and oxygen atoms in total. The van der Waals surface area contributed by atoms with Crippen LogP contribution in [0.25, 0.3) is 0 Å². The maximum atomic E-state index is 12.6. The van der Waals surface area contributed by atoms with Gasteiger partial charge in [-0.25, -0.2) is 4.68 Å². The molecule has 4 rings (SSSR count). The van der Waals surface area contributed by atoms with Gasteiger partial charge < -0.3 is 10.0 Å². The molecule has 2 aliphatic rings. The SMILES string of the molecule is O=C(Cn1cc(CC2(O)CCC2)nn1)N1CCC(Cc2ccccc2)CC1. The molecule has 1 amide bonds. The number of carbonyl (C=O) groups is 1. The molecule has 2 heterocycles. The van der Waals surface area contributed by atoms with Gasteiger partial charge in [0.15, 0.2) is 0 Å². The first-order valence-electron chi connectivity index (χ1n) is 10.0. The van der Waals surface area contributed by atoms with Crippen LogP contribution in [0.4, 0.5) is 0 Å². The second-order valence-corrected chi connectivity index (χ2v) is 8.18. The highest BCUT2D eigenvalue weighted by Gasteiger charge is 2.35. The zero-order valence-electron chi connectivity index (χ0n) is 15.8. The Morgan fingerprint density at radius 1 is 1.19 bits per heavy atom. The second kappa shape index (κ2) is 7.80. The molecule has 27 heavy (non-hydrogen) atoms. The molecule has 2 aromatic rings. The zero-order chi connectivity index (χ0) is 18.7. The maximum absolute atomic E-state index is 12.6. The summed E-state index contributed by atoms with van der Waals surface area (Å²) in [4.78, 5) is 14.5. The smallest absolute Gasteiger partial charge is 0.244 e. The van der Waals surface area contributed by atoms with Gasteiger partial charge in [0.2, 0.25) is 5.91 Å². The van der Waals surface area contributed by atoms with Gasteiger partial charge in [0.05, 0.1) is 11.3 Å². The summed E-state index contributed by atoms with van der Waals surface area (Å²) >= 11 is 0. The first kappa shape index (κ1) is 18.2. The van der Waals surface area contributed by atoms with E-state index in [1.807, 2.05) is 11.0 Å². The van der Waals surface area contributed by atoms with Crippen LogP contribution in [0.5, 0.6) is 0 Å². The maximum Gasteiger partial charge on any atom is 0.244 e. The number of benzene rings is 1. The predicted molar refractivity (Wildman–Crippen MR) is 102 cm³/mol. The molecule has 1 aromatic heterocycles. The van der Waals surface area contributed by atoms with E-state index in [0.717, 1.165) is 57.3 Å². The Balaban J connectivity index is 1.24. The van der Waals surface area contributed by atoms with Crippen LogP contribution in [0.2, 0.25) is 0 Å². The molecule has 0 unspecified atom stereocenters. The van der Waals surface area contributed by atoms with Crippen molar-refractivity contribution in [1.29, 1.82) is 0 Å². The number of nitrogens with zero attached hydrogens (tertiary/aromatic N) is 4. The Kier molecular flexibility index (Phi) is 5.25. The van der Waals surface area contributed by atoms with Gasteiger partial charge in [-0.2, -0.15) is 0 Å². The monoisotopic (exact) mass is 368 g/mol. The molecular formula is C21H28N4O2. The fourth-order valence-corrected chi connectivity index (χ4v) is 4.17. The fraction of sp³-hybridized carbons (Fsp3) is 0.571. The van der Waals surface area contributed by atoms with Gasteiger partial charge in [-0.05, 0) is 50.0 Å². The zero-order valence-corrected chi connectivity index (χ0v) is 15.8. The van der Waals surface area contributed by atoms with Crippen LogP contribution in [-0.2, 0) is 24.2 Å². The summed E-state index contributed by atoms with van der Waals surface area (Å²) in [7, 11) is 0. The second-order valence-electron chi connectivity index (χ2n) is 8.18. The van der Waals surface area contributed by atoms with E-state index in [0.29, 0.717) is 12.3 Å². The molecule has 0 spiro atoms. The number of piperidine rings is 1. The first-order chi connectivity index (χ1) is 13.1. The van der Waals surface area contributed by atoms with E-state index in [9.17, 15) is 9.90 Å². The quantitative estimate of drug-likeness (QED) is 0.849. The lowest BCUT2D eigenvalue weighted by atomic mass is 9.77. The van der Waals surface area contributed by atoms with Gasteiger partial charge in [0.25, 0.3) is 0 Å². The average molecular weight is 368 g/mol. The molecule has 1 aliphatic heterocycles. The van der Waals surface area contributed by atoms with E-state index in [1.165, 1.54) is 5.56 Å². The van der Waals surface area contributed by atoms with E-state index < -0.39 is 5.60 Å². The molecule has 6 heteroatoms. The van der Waals surface area contributed by atoms with Crippen molar-refractivity contribution >= 4 is 5.91 Å². The molecule has 0 bridgehead atoms. The molecule has 1 saturated carbocycles. The van der Waals surface area contributed by atoms with Crippen molar-refractivity contribution in [3.05, 3.63) is 47.8 Å². The average Bonchev–Trinajstić information content (AvgIpc) is 3.08. The van der Waals surface area contributed by atoms with Crippen LogP contribution in [0.3, 0.4) is 0 Å². The van der Waals surface area contributed by atoms with Crippen molar-refractivity contribution in [2.75, 3.05) is 13.1 Å². The van der Waals surface area contributed by atoms with Crippen LogP contribution < -0.4 is 0 Å². The van der Waals surface area contributed by atoms with Crippen molar-refractivity contribution in [2.45, 2.75) is 57.1 Å². The number of amides is 1. The molecule has 144 valence electrons. The normalized spacial score (nSPS) is 19.7. The highest BCUT2D eigenvalue weighted by atomic mass is 16.3. The van der Waals surface area contributed by atoms with Crippen molar-refractivity contribution < 1.29 is 9.90 Å². The minimum absolute atomic E-state index is 0.104. The molecule has 2 fully saturated rings. The summed E-state index contributed by atoms with van der Waals surface area (Å²) in [5.41, 5.74) is 1.54. The topological polar surface area (TPSA) is 71.2 Å². The van der Waals surface area contributed by atoms with E-state index in [2.05, 4.69) is 34.6 Å². The number of rotatable bonds is 6. The summed E-state index contributed by atoms with van der Waals surface area (Å²) < 4.78 is 1.61. The van der Waals surface area contributed by atoms with Crippen LogP contribution >= 0.6 is 0 Å². The summed E-state index contributed by atoms with van der Waals surface area (Å²) in [5, 5.41) is 18.4. The molecular weight excluding hydrogens is 340 g/mol. The van der Waals surface area contributed by atoms with Gasteiger partial charge in [-0.15, -0.1) is 5.10 Å². The van der Waals surface area contributed by atoms with Crippen LogP contribution in [0.15, 0.2) is 36.5 Å². The van der Waals surface area contributed by atoms with Gasteiger partial charge in [-0.1, -0.05) is 35.5 Å². The van der Waals surface area contributed by atoms with Crippen LogP contribution in [0.1, 0.15) is 43.4 Å². The molecule has 0 radical (unpaired) electrons. The summed E-state index contributed by atoms with van der Waals surface area (Å²) in [6, 6.07) is 10.6. The molecule has 1 aliphatic carbocycles. The predicted octanol–water partition coefficient (Wildman–Crippen LogP) is 2.22. The Hall–Kier alpha value is -2.21. The largest absolute Gasteiger partial charge is 0.389 e. The number of hydrogen-bond donors (Lipinski definition) is 1.